The molecule has 1 aliphatic carbocycles. The molecule has 2 heterocycles. The predicted octanol–water partition coefficient (Wildman–Crippen LogP) is 5.47. The smallest absolute Gasteiger partial charge is 0.259 e. The zero-order chi connectivity index (χ0) is 20.0. The molecule has 1 aliphatic rings. The summed E-state index contributed by atoms with van der Waals surface area (Å²) >= 11 is 0. The molecule has 2 aromatic heterocycles. The van der Waals surface area contributed by atoms with Gasteiger partial charge in [0.15, 0.2) is 0 Å². The van der Waals surface area contributed by atoms with Crippen molar-refractivity contribution >= 4 is 22.7 Å². The van der Waals surface area contributed by atoms with Gasteiger partial charge in [0.25, 0.3) is 11.6 Å². The van der Waals surface area contributed by atoms with E-state index in [9.17, 15) is 9.18 Å². The zero-order valence-electron chi connectivity index (χ0n) is 15.8. The van der Waals surface area contributed by atoms with Crippen LogP contribution in [-0.4, -0.2) is 16.0 Å². The molecule has 0 bridgehead atoms. The largest absolute Gasteiger partial charge is 0.335 e. The van der Waals surface area contributed by atoms with Crippen LogP contribution in [-0.2, 0) is 0 Å². The van der Waals surface area contributed by atoms with Crippen LogP contribution in [0.25, 0.3) is 22.4 Å². The molecule has 1 amide bonds. The average Bonchev–Trinajstić information content (AvgIpc) is 3.49. The van der Waals surface area contributed by atoms with Crippen LogP contribution in [0, 0.1) is 12.7 Å². The second kappa shape index (κ2) is 6.81. The normalized spacial score (nSPS) is 13.6. The van der Waals surface area contributed by atoms with Crippen molar-refractivity contribution < 1.29 is 13.7 Å². The maximum Gasteiger partial charge on any atom is 0.259 e. The predicted molar refractivity (Wildman–Crippen MR) is 108 cm³/mol. The Labute approximate surface area is 166 Å². The number of fused-ring (bicyclic) bond motifs is 1. The van der Waals surface area contributed by atoms with Crippen molar-refractivity contribution in [3.8, 4) is 11.3 Å². The number of hydrogen-bond donors (Lipinski definition) is 1. The third kappa shape index (κ3) is 3.38. The van der Waals surface area contributed by atoms with Crippen LogP contribution in [0.1, 0.15) is 40.4 Å². The van der Waals surface area contributed by atoms with Crippen molar-refractivity contribution in [2.24, 2.45) is 0 Å². The third-order valence-electron chi connectivity index (χ3n) is 5.13. The number of carbonyl (C=O) groups excluding carboxylic acids is 1. The second-order valence-corrected chi connectivity index (χ2v) is 7.41. The number of rotatable bonds is 4. The molecule has 1 saturated carbocycles. The van der Waals surface area contributed by atoms with Crippen molar-refractivity contribution in [1.82, 2.24) is 10.1 Å². The molecule has 5 nitrogen and oxygen atoms in total. The number of amides is 1. The minimum absolute atomic E-state index is 0.255. The molecule has 2 aromatic carbocycles. The number of carbonyl (C=O) groups is 1. The lowest BCUT2D eigenvalue weighted by molar-refractivity contribution is 0.102. The van der Waals surface area contributed by atoms with E-state index in [2.05, 4.69) is 15.5 Å². The fourth-order valence-electron chi connectivity index (χ4n) is 3.38. The van der Waals surface area contributed by atoms with E-state index >= 15 is 0 Å². The molecule has 0 aliphatic heterocycles. The molecule has 1 fully saturated rings. The van der Waals surface area contributed by atoms with Crippen LogP contribution < -0.4 is 5.32 Å². The van der Waals surface area contributed by atoms with Crippen LogP contribution in [0.3, 0.4) is 0 Å². The molecule has 0 unspecified atom stereocenters. The lowest BCUT2D eigenvalue weighted by atomic mass is 10.0. The highest BCUT2D eigenvalue weighted by Crippen LogP contribution is 2.41. The third-order valence-corrected chi connectivity index (χ3v) is 5.13. The maximum absolute atomic E-state index is 13.3. The number of halogens is 1. The van der Waals surface area contributed by atoms with E-state index in [1.807, 2.05) is 37.3 Å². The Balaban J connectivity index is 1.63. The number of hydrogen-bond acceptors (Lipinski definition) is 4. The number of anilines is 1. The summed E-state index contributed by atoms with van der Waals surface area (Å²) in [5.74, 6) is -0.243. The van der Waals surface area contributed by atoms with Crippen molar-refractivity contribution in [2.45, 2.75) is 25.7 Å². The molecule has 0 atom stereocenters. The van der Waals surface area contributed by atoms with Gasteiger partial charge in [-0.05, 0) is 62.2 Å². The van der Waals surface area contributed by atoms with Gasteiger partial charge in [0.05, 0.1) is 10.9 Å². The summed E-state index contributed by atoms with van der Waals surface area (Å²) < 4.78 is 18.8. The molecule has 0 saturated heterocycles. The topological polar surface area (TPSA) is 68.0 Å². The number of aryl methyl sites for hydroxylation is 1. The Morgan fingerprint density at radius 2 is 1.83 bits per heavy atom. The molecule has 1 N–H and O–H groups in total. The molecule has 144 valence electrons. The number of pyridine rings is 1. The first kappa shape index (κ1) is 17.6. The molecule has 0 radical (unpaired) electrons. The highest BCUT2D eigenvalue weighted by atomic mass is 19.1. The number of benzene rings is 2. The summed E-state index contributed by atoms with van der Waals surface area (Å²) in [5, 5.41) is 7.62. The second-order valence-electron chi connectivity index (χ2n) is 7.41. The summed E-state index contributed by atoms with van der Waals surface area (Å²) in [6.07, 6.45) is 2.10. The molecular formula is C23H18FN3O2. The fourth-order valence-corrected chi connectivity index (χ4v) is 3.38. The Hall–Kier alpha value is -3.54. The van der Waals surface area contributed by atoms with Crippen LogP contribution in [0.15, 0.2) is 59.1 Å². The summed E-state index contributed by atoms with van der Waals surface area (Å²) in [4.78, 5) is 17.8. The minimum Gasteiger partial charge on any atom is -0.335 e. The van der Waals surface area contributed by atoms with Gasteiger partial charge >= 0.3 is 0 Å². The van der Waals surface area contributed by atoms with E-state index in [0.717, 1.165) is 24.1 Å². The minimum atomic E-state index is -0.340. The van der Waals surface area contributed by atoms with Gasteiger partial charge in [-0.2, -0.15) is 0 Å². The van der Waals surface area contributed by atoms with E-state index in [-0.39, 0.29) is 11.7 Å². The van der Waals surface area contributed by atoms with Gasteiger partial charge in [-0.3, -0.25) is 4.79 Å². The first-order valence-corrected chi connectivity index (χ1v) is 9.53. The van der Waals surface area contributed by atoms with E-state index in [0.29, 0.717) is 39.5 Å². The fraction of sp³-hybridized carbons (Fsp3) is 0.174. The first-order valence-electron chi connectivity index (χ1n) is 9.53. The zero-order valence-corrected chi connectivity index (χ0v) is 15.8. The van der Waals surface area contributed by atoms with Gasteiger partial charge in [-0.25, -0.2) is 9.37 Å². The first-order chi connectivity index (χ1) is 14.1. The molecule has 29 heavy (non-hydrogen) atoms. The van der Waals surface area contributed by atoms with Gasteiger partial charge in [0, 0.05) is 22.9 Å². The van der Waals surface area contributed by atoms with Crippen molar-refractivity contribution in [1.29, 1.82) is 0 Å². The Morgan fingerprint density at radius 1 is 1.10 bits per heavy atom. The van der Waals surface area contributed by atoms with Crippen molar-refractivity contribution in [2.75, 3.05) is 5.32 Å². The number of nitrogens with zero attached hydrogens (tertiary/aromatic N) is 2. The Morgan fingerprint density at radius 3 is 2.52 bits per heavy atom. The lowest BCUT2D eigenvalue weighted by Crippen LogP contribution is -2.13. The van der Waals surface area contributed by atoms with Crippen LogP contribution in [0.5, 0.6) is 0 Å². The quantitative estimate of drug-likeness (QED) is 0.504. The van der Waals surface area contributed by atoms with Crippen LogP contribution in [0.2, 0.25) is 0 Å². The van der Waals surface area contributed by atoms with E-state index in [1.165, 1.54) is 12.1 Å². The number of nitrogens with one attached hydrogen (secondary N) is 1. The number of aromatic nitrogens is 2. The summed E-state index contributed by atoms with van der Waals surface area (Å²) in [7, 11) is 0. The Kier molecular flexibility index (Phi) is 4.12. The van der Waals surface area contributed by atoms with E-state index in [1.54, 1.807) is 12.1 Å². The maximum atomic E-state index is 13.3. The summed E-state index contributed by atoms with van der Waals surface area (Å²) in [5.41, 5.74) is 4.58. The SMILES string of the molecule is Cc1ccc(NC(=O)c2cc(C3CC3)nc3onc(-c4ccc(F)cc4)c23)cc1. The van der Waals surface area contributed by atoms with E-state index in [4.69, 9.17) is 4.52 Å². The molecule has 0 spiro atoms. The molecule has 5 rings (SSSR count). The van der Waals surface area contributed by atoms with Gasteiger partial charge in [-0.1, -0.05) is 22.9 Å². The highest BCUT2D eigenvalue weighted by Gasteiger charge is 2.29. The van der Waals surface area contributed by atoms with Crippen molar-refractivity contribution in [3.63, 3.8) is 0 Å². The van der Waals surface area contributed by atoms with Gasteiger partial charge in [-0.15, -0.1) is 0 Å². The summed E-state index contributed by atoms with van der Waals surface area (Å²) in [6.45, 7) is 1.99. The Bertz CT molecular complexity index is 1210. The monoisotopic (exact) mass is 387 g/mol. The average molecular weight is 387 g/mol. The summed E-state index contributed by atoms with van der Waals surface area (Å²) in [6, 6.07) is 15.4. The molecule has 6 heteroatoms. The van der Waals surface area contributed by atoms with Crippen molar-refractivity contribution in [3.05, 3.63) is 77.2 Å². The van der Waals surface area contributed by atoms with E-state index < -0.39 is 0 Å². The van der Waals surface area contributed by atoms with Crippen LogP contribution >= 0.6 is 0 Å². The van der Waals surface area contributed by atoms with Crippen LogP contribution in [0.4, 0.5) is 10.1 Å². The highest BCUT2D eigenvalue weighted by molar-refractivity contribution is 6.14. The standard InChI is InChI=1S/C23H18FN3O2/c1-13-2-10-17(11-3-13)25-22(28)18-12-19(14-4-5-14)26-23-20(18)21(27-29-23)15-6-8-16(24)9-7-15/h2-3,6-12,14H,4-5H2,1H3,(H,25,28). The lowest BCUT2D eigenvalue weighted by Gasteiger charge is -2.09. The molecule has 4 aromatic rings. The van der Waals surface area contributed by atoms with Gasteiger partial charge in [0.1, 0.15) is 11.5 Å². The van der Waals surface area contributed by atoms with Gasteiger partial charge < -0.3 is 9.84 Å². The van der Waals surface area contributed by atoms with Gasteiger partial charge in [0.2, 0.25) is 0 Å². The molecular weight excluding hydrogens is 369 g/mol.